The molecule has 1 aliphatic heterocycles. The first-order chi connectivity index (χ1) is 11.5. The van der Waals surface area contributed by atoms with Gasteiger partial charge >= 0.3 is 0 Å². The lowest BCUT2D eigenvalue weighted by Gasteiger charge is -2.20. The summed E-state index contributed by atoms with van der Waals surface area (Å²) < 4.78 is 7.20. The van der Waals surface area contributed by atoms with Crippen LogP contribution in [0.2, 0.25) is 0 Å². The van der Waals surface area contributed by atoms with Crippen molar-refractivity contribution < 1.29 is 9.53 Å². The summed E-state index contributed by atoms with van der Waals surface area (Å²) in [6.45, 7) is 4.82. The number of carbonyl (C=O) groups is 1. The number of halogens is 1. The third-order valence-corrected chi connectivity index (χ3v) is 4.59. The second kappa shape index (κ2) is 7.89. The van der Waals surface area contributed by atoms with Crippen molar-refractivity contribution in [3.8, 4) is 5.88 Å². The van der Waals surface area contributed by atoms with Crippen LogP contribution < -0.4 is 15.4 Å². The molecule has 0 spiro atoms. The summed E-state index contributed by atoms with van der Waals surface area (Å²) in [5.41, 5.74) is 5.41. The predicted octanol–water partition coefficient (Wildman–Crippen LogP) is 2.89. The van der Waals surface area contributed by atoms with Crippen molar-refractivity contribution in [2.24, 2.45) is 7.05 Å². The van der Waals surface area contributed by atoms with Crippen molar-refractivity contribution in [3.63, 3.8) is 0 Å². The Labute approximate surface area is 154 Å². The molecular weight excluding hydrogens is 340 g/mol. The topological polar surface area (TPSA) is 68.2 Å². The first-order valence-corrected chi connectivity index (χ1v) is 8.22. The Balaban J connectivity index is 0.00000225. The lowest BCUT2D eigenvalue weighted by molar-refractivity contribution is -0.116. The van der Waals surface area contributed by atoms with E-state index < -0.39 is 0 Å². The molecular formula is C18H25ClN4O2. The molecule has 1 atom stereocenters. The molecule has 1 aliphatic rings. The molecule has 2 aromatic rings. The Hall–Kier alpha value is -2.05. The van der Waals surface area contributed by atoms with Crippen LogP contribution in [0.5, 0.6) is 5.88 Å². The molecule has 2 N–H and O–H groups in total. The number of methoxy groups -OCH3 is 1. The second-order valence-corrected chi connectivity index (χ2v) is 6.26. The van der Waals surface area contributed by atoms with Gasteiger partial charge in [0.2, 0.25) is 11.8 Å². The van der Waals surface area contributed by atoms with Crippen molar-refractivity contribution in [1.82, 2.24) is 15.1 Å². The molecule has 25 heavy (non-hydrogen) atoms. The van der Waals surface area contributed by atoms with Gasteiger partial charge in [-0.1, -0.05) is 12.1 Å². The maximum absolute atomic E-state index is 11.5. The van der Waals surface area contributed by atoms with Gasteiger partial charge in [0, 0.05) is 31.7 Å². The number of ether oxygens (including phenoxy) is 1. The van der Waals surface area contributed by atoms with Crippen LogP contribution in [0.15, 0.2) is 18.2 Å². The molecule has 1 aromatic carbocycles. The van der Waals surface area contributed by atoms with Crippen LogP contribution in [0.3, 0.4) is 0 Å². The van der Waals surface area contributed by atoms with Crippen LogP contribution in [-0.2, 0) is 24.8 Å². The zero-order valence-corrected chi connectivity index (χ0v) is 15.9. The van der Waals surface area contributed by atoms with Gasteiger partial charge in [-0.15, -0.1) is 12.4 Å². The molecule has 1 amide bonds. The van der Waals surface area contributed by atoms with E-state index in [0.717, 1.165) is 29.2 Å². The van der Waals surface area contributed by atoms with Crippen LogP contribution in [0, 0.1) is 6.92 Å². The molecule has 1 aromatic heterocycles. The van der Waals surface area contributed by atoms with Gasteiger partial charge in [0.15, 0.2) is 0 Å². The Morgan fingerprint density at radius 2 is 2.16 bits per heavy atom. The van der Waals surface area contributed by atoms with Gasteiger partial charge in [-0.2, -0.15) is 5.10 Å². The Morgan fingerprint density at radius 1 is 1.40 bits per heavy atom. The lowest BCUT2D eigenvalue weighted by atomic mass is 9.97. The molecule has 2 heterocycles. The van der Waals surface area contributed by atoms with Gasteiger partial charge in [0.25, 0.3) is 0 Å². The largest absolute Gasteiger partial charge is 0.481 e. The Kier molecular flexibility index (Phi) is 6.08. The highest BCUT2D eigenvalue weighted by Crippen LogP contribution is 2.27. The summed E-state index contributed by atoms with van der Waals surface area (Å²) in [6.07, 6.45) is 1.36. The number of benzene rings is 1. The molecule has 3 rings (SSSR count). The fourth-order valence-electron chi connectivity index (χ4n) is 3.19. The number of nitrogens with one attached hydrogen (secondary N) is 2. The number of hydrogen-bond donors (Lipinski definition) is 2. The highest BCUT2D eigenvalue weighted by molar-refractivity contribution is 5.93. The van der Waals surface area contributed by atoms with Gasteiger partial charge in [-0.25, -0.2) is 4.68 Å². The van der Waals surface area contributed by atoms with Crippen LogP contribution in [0.4, 0.5) is 5.69 Å². The van der Waals surface area contributed by atoms with Crippen LogP contribution >= 0.6 is 12.4 Å². The van der Waals surface area contributed by atoms with Gasteiger partial charge in [-0.3, -0.25) is 4.79 Å². The highest BCUT2D eigenvalue weighted by Gasteiger charge is 2.18. The molecule has 0 saturated heterocycles. The fraction of sp³-hybridized carbons (Fsp3) is 0.444. The van der Waals surface area contributed by atoms with E-state index in [4.69, 9.17) is 4.74 Å². The SMILES string of the molecule is COc1c(CNC(C)c2ccc3c(c2)CCC(=O)N3)c(C)nn1C.Cl. The van der Waals surface area contributed by atoms with Gasteiger partial charge < -0.3 is 15.4 Å². The number of aryl methyl sites for hydroxylation is 3. The van der Waals surface area contributed by atoms with Crippen molar-refractivity contribution in [3.05, 3.63) is 40.6 Å². The van der Waals surface area contributed by atoms with E-state index in [1.807, 2.05) is 20.0 Å². The standard InChI is InChI=1S/C18H24N4O2.ClH/c1-11(19-10-15-12(2)21-22(3)18(15)24-4)13-5-7-16-14(9-13)6-8-17(23)20-16;/h5,7,9,11,19H,6,8,10H2,1-4H3,(H,20,23);1H. The molecule has 0 bridgehead atoms. The maximum atomic E-state index is 11.5. The molecule has 6 nitrogen and oxygen atoms in total. The van der Waals surface area contributed by atoms with E-state index in [0.29, 0.717) is 13.0 Å². The number of aromatic nitrogens is 2. The van der Waals surface area contributed by atoms with Crippen LogP contribution in [-0.4, -0.2) is 22.8 Å². The average molecular weight is 365 g/mol. The molecule has 0 fully saturated rings. The fourth-order valence-corrected chi connectivity index (χ4v) is 3.19. The number of rotatable bonds is 5. The van der Waals surface area contributed by atoms with Crippen LogP contribution in [0.1, 0.15) is 41.8 Å². The lowest BCUT2D eigenvalue weighted by Crippen LogP contribution is -2.21. The number of anilines is 1. The van der Waals surface area contributed by atoms with E-state index in [-0.39, 0.29) is 24.4 Å². The minimum Gasteiger partial charge on any atom is -0.481 e. The Morgan fingerprint density at radius 3 is 2.88 bits per heavy atom. The van der Waals surface area contributed by atoms with Crippen molar-refractivity contribution in [2.75, 3.05) is 12.4 Å². The van der Waals surface area contributed by atoms with Crippen molar-refractivity contribution in [1.29, 1.82) is 0 Å². The summed E-state index contributed by atoms with van der Waals surface area (Å²) in [5, 5.41) is 10.9. The summed E-state index contributed by atoms with van der Waals surface area (Å²) >= 11 is 0. The zero-order chi connectivity index (χ0) is 17.3. The van der Waals surface area contributed by atoms with E-state index in [2.05, 4.69) is 34.8 Å². The maximum Gasteiger partial charge on any atom is 0.224 e. The summed E-state index contributed by atoms with van der Waals surface area (Å²) in [5.74, 6) is 0.890. The smallest absolute Gasteiger partial charge is 0.224 e. The first kappa shape index (κ1) is 19.3. The van der Waals surface area contributed by atoms with Crippen molar-refractivity contribution >= 4 is 24.0 Å². The highest BCUT2D eigenvalue weighted by atomic mass is 35.5. The molecule has 0 radical (unpaired) electrons. The molecule has 136 valence electrons. The molecule has 0 aliphatic carbocycles. The monoisotopic (exact) mass is 364 g/mol. The summed E-state index contributed by atoms with van der Waals surface area (Å²) in [7, 11) is 3.55. The van der Waals surface area contributed by atoms with Crippen LogP contribution in [0.25, 0.3) is 0 Å². The number of nitrogens with zero attached hydrogens (tertiary/aromatic N) is 2. The first-order valence-electron chi connectivity index (χ1n) is 8.22. The van der Waals surface area contributed by atoms with E-state index >= 15 is 0 Å². The minimum atomic E-state index is 0. The molecule has 1 unspecified atom stereocenters. The van der Waals surface area contributed by atoms with Gasteiger partial charge in [0.1, 0.15) is 0 Å². The summed E-state index contributed by atoms with van der Waals surface area (Å²) in [4.78, 5) is 11.5. The molecule has 7 heteroatoms. The van der Waals surface area contributed by atoms with Gasteiger partial charge in [-0.05, 0) is 37.5 Å². The van der Waals surface area contributed by atoms with E-state index in [1.54, 1.807) is 11.8 Å². The number of fused-ring (bicyclic) bond motifs is 1. The number of hydrogen-bond acceptors (Lipinski definition) is 4. The minimum absolute atomic E-state index is 0. The summed E-state index contributed by atoms with van der Waals surface area (Å²) in [6, 6.07) is 6.43. The van der Waals surface area contributed by atoms with Crippen molar-refractivity contribution in [2.45, 2.75) is 39.3 Å². The third kappa shape index (κ3) is 3.96. The van der Waals surface area contributed by atoms with E-state index in [9.17, 15) is 4.79 Å². The van der Waals surface area contributed by atoms with Gasteiger partial charge in [0.05, 0.1) is 18.4 Å². The third-order valence-electron chi connectivity index (χ3n) is 4.59. The number of amides is 1. The number of carbonyl (C=O) groups excluding carboxylic acids is 1. The quantitative estimate of drug-likeness (QED) is 0.856. The molecule has 0 saturated carbocycles. The predicted molar refractivity (Wildman–Crippen MR) is 100 cm³/mol. The Bertz CT molecular complexity index is 773. The average Bonchev–Trinajstić information content (AvgIpc) is 2.84. The second-order valence-electron chi connectivity index (χ2n) is 6.26. The zero-order valence-electron chi connectivity index (χ0n) is 15.0. The normalized spacial score (nSPS) is 14.3. The van der Waals surface area contributed by atoms with E-state index in [1.165, 1.54) is 11.1 Å².